The minimum atomic E-state index is -0.985. The molecule has 0 spiro atoms. The van der Waals surface area contributed by atoms with Crippen molar-refractivity contribution in [2.45, 2.75) is 32.4 Å². The van der Waals surface area contributed by atoms with E-state index in [1.165, 1.54) is 32.0 Å². The number of hydrogen-bond acceptors (Lipinski definition) is 3. The number of amides is 3. The monoisotopic (exact) mass is 295 g/mol. The number of hydrogen-bond donors (Lipinski definition) is 3. The predicted octanol–water partition coefficient (Wildman–Crippen LogP) is -0.137. The molecule has 0 saturated carbocycles. The summed E-state index contributed by atoms with van der Waals surface area (Å²) < 4.78 is 13.6. The van der Waals surface area contributed by atoms with Crippen molar-refractivity contribution in [3.63, 3.8) is 0 Å². The Hall–Kier alpha value is -2.44. The third kappa shape index (κ3) is 5.21. The molecule has 1 aromatic carbocycles. The lowest BCUT2D eigenvalue weighted by molar-refractivity contribution is -0.130. The van der Waals surface area contributed by atoms with E-state index in [1.54, 1.807) is 6.07 Å². The van der Waals surface area contributed by atoms with Gasteiger partial charge >= 0.3 is 0 Å². The zero-order valence-corrected chi connectivity index (χ0v) is 11.9. The van der Waals surface area contributed by atoms with E-state index in [9.17, 15) is 18.8 Å². The van der Waals surface area contributed by atoms with Crippen LogP contribution in [-0.2, 0) is 20.8 Å². The maximum atomic E-state index is 13.6. The molecule has 0 aliphatic heterocycles. The standard InChI is InChI=1S/C14H18FN3O3/c1-8(13(16)20)17-14(21)12(18-9(2)19)7-10-5-3-4-6-11(10)15/h3-6,8,12H,7H2,1-2H3,(H2,16,20)(H,17,21)(H,18,19)/t8-,12+/m1/s1. The first-order valence-corrected chi connectivity index (χ1v) is 6.41. The highest BCUT2D eigenvalue weighted by Gasteiger charge is 2.23. The number of nitrogens with two attached hydrogens (primary N) is 1. The van der Waals surface area contributed by atoms with Gasteiger partial charge in [0, 0.05) is 13.3 Å². The van der Waals surface area contributed by atoms with Crippen molar-refractivity contribution in [2.75, 3.05) is 0 Å². The van der Waals surface area contributed by atoms with Crippen LogP contribution in [0.4, 0.5) is 4.39 Å². The molecule has 1 rings (SSSR count). The fourth-order valence-electron chi connectivity index (χ4n) is 1.72. The minimum absolute atomic E-state index is 0.0242. The van der Waals surface area contributed by atoms with E-state index < -0.39 is 35.6 Å². The SMILES string of the molecule is CC(=O)N[C@@H](Cc1ccccc1F)C(=O)N[C@H](C)C(N)=O. The van der Waals surface area contributed by atoms with Crippen molar-refractivity contribution in [1.82, 2.24) is 10.6 Å². The summed E-state index contributed by atoms with van der Waals surface area (Å²) in [6, 6.07) is 4.09. The average Bonchev–Trinajstić information content (AvgIpc) is 2.39. The zero-order valence-electron chi connectivity index (χ0n) is 11.9. The van der Waals surface area contributed by atoms with Gasteiger partial charge in [-0.1, -0.05) is 18.2 Å². The molecule has 0 heterocycles. The summed E-state index contributed by atoms with van der Waals surface area (Å²) >= 11 is 0. The molecule has 0 bridgehead atoms. The van der Waals surface area contributed by atoms with E-state index in [4.69, 9.17) is 5.73 Å². The molecule has 114 valence electrons. The van der Waals surface area contributed by atoms with Gasteiger partial charge in [-0.15, -0.1) is 0 Å². The fourth-order valence-corrected chi connectivity index (χ4v) is 1.72. The molecule has 1 aromatic rings. The number of nitrogens with one attached hydrogen (secondary N) is 2. The number of carbonyl (C=O) groups excluding carboxylic acids is 3. The van der Waals surface area contributed by atoms with Crippen LogP contribution in [0.5, 0.6) is 0 Å². The summed E-state index contributed by atoms with van der Waals surface area (Å²) in [5, 5.41) is 4.80. The molecule has 21 heavy (non-hydrogen) atoms. The highest BCUT2D eigenvalue weighted by molar-refractivity contribution is 5.91. The van der Waals surface area contributed by atoms with E-state index >= 15 is 0 Å². The summed E-state index contributed by atoms with van der Waals surface area (Å²) in [4.78, 5) is 34.2. The summed E-state index contributed by atoms with van der Waals surface area (Å²) in [5.41, 5.74) is 5.35. The van der Waals surface area contributed by atoms with Crippen LogP contribution in [0.2, 0.25) is 0 Å². The largest absolute Gasteiger partial charge is 0.368 e. The fraction of sp³-hybridized carbons (Fsp3) is 0.357. The van der Waals surface area contributed by atoms with Gasteiger partial charge in [0.05, 0.1) is 0 Å². The highest BCUT2D eigenvalue weighted by Crippen LogP contribution is 2.09. The zero-order chi connectivity index (χ0) is 16.0. The number of rotatable bonds is 6. The second-order valence-electron chi connectivity index (χ2n) is 4.68. The van der Waals surface area contributed by atoms with Crippen LogP contribution in [-0.4, -0.2) is 29.8 Å². The predicted molar refractivity (Wildman–Crippen MR) is 74.5 cm³/mol. The van der Waals surface area contributed by atoms with Crippen LogP contribution >= 0.6 is 0 Å². The second kappa shape index (κ2) is 7.37. The lowest BCUT2D eigenvalue weighted by Gasteiger charge is -2.20. The van der Waals surface area contributed by atoms with Crippen molar-refractivity contribution in [3.8, 4) is 0 Å². The highest BCUT2D eigenvalue weighted by atomic mass is 19.1. The first-order valence-electron chi connectivity index (χ1n) is 6.41. The minimum Gasteiger partial charge on any atom is -0.368 e. The molecule has 0 unspecified atom stereocenters. The van der Waals surface area contributed by atoms with E-state index in [1.807, 2.05) is 0 Å². The maximum absolute atomic E-state index is 13.6. The van der Waals surface area contributed by atoms with Gasteiger partial charge in [-0.3, -0.25) is 14.4 Å². The Morgan fingerprint density at radius 2 is 1.86 bits per heavy atom. The molecular formula is C14H18FN3O3. The molecule has 0 fully saturated rings. The molecule has 6 nitrogen and oxygen atoms in total. The summed E-state index contributed by atoms with van der Waals surface area (Å²) in [6.45, 7) is 2.67. The quantitative estimate of drug-likeness (QED) is 0.681. The van der Waals surface area contributed by atoms with Crippen molar-refractivity contribution in [3.05, 3.63) is 35.6 Å². The second-order valence-corrected chi connectivity index (χ2v) is 4.68. The summed E-state index contributed by atoms with van der Waals surface area (Å²) in [7, 11) is 0. The van der Waals surface area contributed by atoms with Gasteiger partial charge in [-0.2, -0.15) is 0 Å². The van der Waals surface area contributed by atoms with Crippen molar-refractivity contribution < 1.29 is 18.8 Å². The van der Waals surface area contributed by atoms with Gasteiger partial charge in [-0.25, -0.2) is 4.39 Å². The van der Waals surface area contributed by atoms with Crippen molar-refractivity contribution in [1.29, 1.82) is 0 Å². The molecule has 3 amide bonds. The normalized spacial score (nSPS) is 13.1. The Morgan fingerprint density at radius 1 is 1.24 bits per heavy atom. The van der Waals surface area contributed by atoms with Crippen molar-refractivity contribution in [2.24, 2.45) is 5.73 Å². The molecule has 4 N–H and O–H groups in total. The van der Waals surface area contributed by atoms with Gasteiger partial charge in [0.25, 0.3) is 0 Å². The Labute approximate surface area is 121 Å². The van der Waals surface area contributed by atoms with E-state index in [-0.39, 0.29) is 12.0 Å². The van der Waals surface area contributed by atoms with Crippen LogP contribution < -0.4 is 16.4 Å². The number of halogens is 1. The third-order valence-corrected chi connectivity index (χ3v) is 2.86. The number of primary amides is 1. The van der Waals surface area contributed by atoms with Crippen LogP contribution in [0, 0.1) is 5.82 Å². The lowest BCUT2D eigenvalue weighted by atomic mass is 10.0. The molecular weight excluding hydrogens is 277 g/mol. The Bertz CT molecular complexity index is 548. The Morgan fingerprint density at radius 3 is 2.38 bits per heavy atom. The Balaban J connectivity index is 2.85. The maximum Gasteiger partial charge on any atom is 0.243 e. The topological polar surface area (TPSA) is 101 Å². The van der Waals surface area contributed by atoms with Gasteiger partial charge in [0.2, 0.25) is 17.7 Å². The molecule has 0 radical (unpaired) electrons. The van der Waals surface area contributed by atoms with Gasteiger partial charge in [0.1, 0.15) is 17.9 Å². The first kappa shape index (κ1) is 16.6. The molecule has 2 atom stereocenters. The smallest absolute Gasteiger partial charge is 0.243 e. The van der Waals surface area contributed by atoms with E-state index in [0.717, 1.165) is 0 Å². The van der Waals surface area contributed by atoms with Crippen LogP contribution in [0.15, 0.2) is 24.3 Å². The molecule has 0 aromatic heterocycles. The van der Waals surface area contributed by atoms with Crippen molar-refractivity contribution >= 4 is 17.7 Å². The first-order chi connectivity index (χ1) is 9.81. The summed E-state index contributed by atoms with van der Waals surface area (Å²) in [6.07, 6.45) is -0.0242. The van der Waals surface area contributed by atoms with Gasteiger partial charge < -0.3 is 16.4 Å². The Kier molecular flexibility index (Phi) is 5.83. The molecule has 7 heteroatoms. The lowest BCUT2D eigenvalue weighted by Crippen LogP contribution is -2.52. The van der Waals surface area contributed by atoms with Crippen LogP contribution in [0.25, 0.3) is 0 Å². The summed E-state index contributed by atoms with van der Waals surface area (Å²) in [5.74, 6) is -2.20. The van der Waals surface area contributed by atoms with Gasteiger partial charge in [-0.05, 0) is 18.6 Å². The average molecular weight is 295 g/mol. The van der Waals surface area contributed by atoms with E-state index in [0.29, 0.717) is 0 Å². The van der Waals surface area contributed by atoms with Crippen LogP contribution in [0.1, 0.15) is 19.4 Å². The molecule has 0 saturated heterocycles. The molecule has 0 aliphatic carbocycles. The van der Waals surface area contributed by atoms with E-state index in [2.05, 4.69) is 10.6 Å². The number of carbonyl (C=O) groups is 3. The number of benzene rings is 1. The van der Waals surface area contributed by atoms with Crippen LogP contribution in [0.3, 0.4) is 0 Å². The van der Waals surface area contributed by atoms with Gasteiger partial charge in [0.15, 0.2) is 0 Å². The molecule has 0 aliphatic rings. The third-order valence-electron chi connectivity index (χ3n) is 2.86.